The average molecular weight is 301 g/mol. The standard InChI is InChI=1S/C18H23NO.C2H6.H2/c1-12(2)13(3)18(20)17(19)11-14-8-9-15-6-4-5-7-16(15)10-14;1-2;/h4-10,12-13,17H,11,19H2,1-3H3;1-2H3;1H/t13?,17-;;/m0../s1. The molecule has 0 fully saturated rings. The highest BCUT2D eigenvalue weighted by molar-refractivity contribution is 5.87. The van der Waals surface area contributed by atoms with E-state index in [2.05, 4.69) is 44.2 Å². The number of hydrogen-bond donors (Lipinski definition) is 1. The van der Waals surface area contributed by atoms with Gasteiger partial charge in [0.15, 0.2) is 5.78 Å². The minimum Gasteiger partial charge on any atom is -0.321 e. The molecule has 0 radical (unpaired) electrons. The highest BCUT2D eigenvalue weighted by Gasteiger charge is 2.23. The summed E-state index contributed by atoms with van der Waals surface area (Å²) in [5.41, 5.74) is 7.21. The van der Waals surface area contributed by atoms with Gasteiger partial charge < -0.3 is 5.73 Å². The van der Waals surface area contributed by atoms with E-state index in [0.29, 0.717) is 12.3 Å². The molecule has 1 unspecified atom stereocenters. The molecule has 2 aromatic rings. The number of Topliss-reactive ketones (excluding diaryl/α,β-unsaturated/α-hetero) is 1. The largest absolute Gasteiger partial charge is 0.321 e. The summed E-state index contributed by atoms with van der Waals surface area (Å²) >= 11 is 0. The van der Waals surface area contributed by atoms with Crippen LogP contribution in [0, 0.1) is 11.8 Å². The Hall–Kier alpha value is -1.67. The van der Waals surface area contributed by atoms with Gasteiger partial charge in [-0.3, -0.25) is 4.79 Å². The SMILES string of the molecule is CC.CC(C)C(C)C(=O)[C@@H](N)Cc1ccc2ccccc2c1.[HH]. The number of nitrogens with two attached hydrogens (primary N) is 1. The molecule has 0 aliphatic rings. The maximum Gasteiger partial charge on any atom is 0.152 e. The van der Waals surface area contributed by atoms with Crippen LogP contribution in [0.2, 0.25) is 0 Å². The molecule has 0 saturated carbocycles. The molecular weight excluding hydrogens is 270 g/mol. The lowest BCUT2D eigenvalue weighted by Gasteiger charge is -2.19. The average Bonchev–Trinajstić information content (AvgIpc) is 2.55. The van der Waals surface area contributed by atoms with Crippen LogP contribution in [0.3, 0.4) is 0 Å². The van der Waals surface area contributed by atoms with Gasteiger partial charge in [-0.1, -0.05) is 77.1 Å². The fraction of sp³-hybridized carbons (Fsp3) is 0.450. The van der Waals surface area contributed by atoms with Gasteiger partial charge in [0.25, 0.3) is 0 Å². The number of ketones is 1. The maximum atomic E-state index is 12.2. The van der Waals surface area contributed by atoms with Gasteiger partial charge >= 0.3 is 0 Å². The second-order valence-corrected chi connectivity index (χ2v) is 5.93. The highest BCUT2D eigenvalue weighted by atomic mass is 16.1. The molecule has 2 atom stereocenters. The van der Waals surface area contributed by atoms with E-state index >= 15 is 0 Å². The summed E-state index contributed by atoms with van der Waals surface area (Å²) < 4.78 is 0. The van der Waals surface area contributed by atoms with Crippen LogP contribution in [0.4, 0.5) is 0 Å². The number of hydrogen-bond acceptors (Lipinski definition) is 2. The van der Waals surface area contributed by atoms with Gasteiger partial charge in [-0.2, -0.15) is 0 Å². The Balaban J connectivity index is 0.00000155. The molecule has 2 heteroatoms. The lowest BCUT2D eigenvalue weighted by molar-refractivity contribution is -0.124. The van der Waals surface area contributed by atoms with E-state index in [1.54, 1.807) is 0 Å². The first kappa shape index (κ1) is 18.4. The minimum atomic E-state index is -0.409. The van der Waals surface area contributed by atoms with E-state index in [1.807, 2.05) is 32.9 Å². The number of carbonyl (C=O) groups is 1. The molecule has 0 aliphatic carbocycles. The number of benzene rings is 2. The Labute approximate surface area is 136 Å². The third kappa shape index (κ3) is 4.67. The first-order chi connectivity index (χ1) is 10.5. The molecule has 22 heavy (non-hydrogen) atoms. The van der Waals surface area contributed by atoms with E-state index in [9.17, 15) is 4.79 Å². The van der Waals surface area contributed by atoms with Crippen molar-refractivity contribution in [1.29, 1.82) is 0 Å². The molecule has 0 amide bonds. The van der Waals surface area contributed by atoms with E-state index in [4.69, 9.17) is 5.73 Å². The number of fused-ring (bicyclic) bond motifs is 1. The van der Waals surface area contributed by atoms with Gasteiger partial charge in [-0.05, 0) is 28.7 Å². The summed E-state index contributed by atoms with van der Waals surface area (Å²) in [7, 11) is 0. The Morgan fingerprint density at radius 1 is 1.05 bits per heavy atom. The van der Waals surface area contributed by atoms with Crippen LogP contribution in [0.1, 0.15) is 41.6 Å². The van der Waals surface area contributed by atoms with Gasteiger partial charge in [-0.25, -0.2) is 0 Å². The molecular formula is C20H31NO. The lowest BCUT2D eigenvalue weighted by atomic mass is 9.87. The van der Waals surface area contributed by atoms with Crippen LogP contribution in [-0.4, -0.2) is 11.8 Å². The summed E-state index contributed by atoms with van der Waals surface area (Å²) in [5.74, 6) is 0.517. The summed E-state index contributed by atoms with van der Waals surface area (Å²) in [6.45, 7) is 10.1. The molecule has 2 nitrogen and oxygen atoms in total. The normalized spacial score (nSPS) is 13.4. The molecule has 0 saturated heterocycles. The van der Waals surface area contributed by atoms with Crippen LogP contribution < -0.4 is 5.73 Å². The maximum absolute atomic E-state index is 12.2. The predicted octanol–water partition coefficient (Wildman–Crippen LogP) is 4.84. The summed E-state index contributed by atoms with van der Waals surface area (Å²) in [5, 5.41) is 2.41. The third-order valence-corrected chi connectivity index (χ3v) is 4.08. The zero-order chi connectivity index (χ0) is 16.7. The van der Waals surface area contributed by atoms with E-state index in [-0.39, 0.29) is 13.1 Å². The number of carbonyl (C=O) groups excluding carboxylic acids is 1. The van der Waals surface area contributed by atoms with Crippen molar-refractivity contribution in [2.45, 2.75) is 47.1 Å². The van der Waals surface area contributed by atoms with E-state index < -0.39 is 6.04 Å². The smallest absolute Gasteiger partial charge is 0.152 e. The molecule has 2 N–H and O–H groups in total. The molecule has 122 valence electrons. The van der Waals surface area contributed by atoms with Crippen molar-refractivity contribution in [2.24, 2.45) is 17.6 Å². The topological polar surface area (TPSA) is 43.1 Å². The van der Waals surface area contributed by atoms with Crippen molar-refractivity contribution in [3.05, 3.63) is 48.0 Å². The van der Waals surface area contributed by atoms with Gasteiger partial charge in [-0.15, -0.1) is 0 Å². The second kappa shape index (κ2) is 8.70. The summed E-state index contributed by atoms with van der Waals surface area (Å²) in [6.07, 6.45) is 0.612. The van der Waals surface area contributed by atoms with Gasteiger partial charge in [0.1, 0.15) is 0 Å². The first-order valence-electron chi connectivity index (χ1n) is 8.26. The first-order valence-corrected chi connectivity index (χ1v) is 8.26. The Morgan fingerprint density at radius 3 is 2.23 bits per heavy atom. The zero-order valence-electron chi connectivity index (χ0n) is 14.5. The predicted molar refractivity (Wildman–Crippen MR) is 98.1 cm³/mol. The molecule has 2 rings (SSSR count). The van der Waals surface area contributed by atoms with Crippen molar-refractivity contribution < 1.29 is 6.22 Å². The lowest BCUT2D eigenvalue weighted by Crippen LogP contribution is -2.38. The Bertz CT molecular complexity index is 609. The summed E-state index contributed by atoms with van der Waals surface area (Å²) in [6, 6.07) is 14.1. The second-order valence-electron chi connectivity index (χ2n) is 5.93. The minimum absolute atomic E-state index is 0. The fourth-order valence-electron chi connectivity index (χ4n) is 2.39. The van der Waals surface area contributed by atoms with Crippen molar-refractivity contribution in [3.8, 4) is 0 Å². The van der Waals surface area contributed by atoms with Gasteiger partial charge in [0, 0.05) is 7.34 Å². The van der Waals surface area contributed by atoms with Crippen LogP contribution >= 0.6 is 0 Å². The van der Waals surface area contributed by atoms with Crippen LogP contribution in [0.25, 0.3) is 10.8 Å². The van der Waals surface area contributed by atoms with Crippen molar-refractivity contribution in [3.63, 3.8) is 0 Å². The van der Waals surface area contributed by atoms with Crippen molar-refractivity contribution in [2.75, 3.05) is 0 Å². The molecule has 0 bridgehead atoms. The van der Waals surface area contributed by atoms with Crippen LogP contribution in [0.15, 0.2) is 42.5 Å². The monoisotopic (exact) mass is 301 g/mol. The Kier molecular flexibility index (Phi) is 7.26. The molecule has 0 heterocycles. The van der Waals surface area contributed by atoms with Gasteiger partial charge in [0.2, 0.25) is 0 Å². The van der Waals surface area contributed by atoms with Gasteiger partial charge in [0.05, 0.1) is 6.04 Å². The molecule has 0 aliphatic heterocycles. The quantitative estimate of drug-likeness (QED) is 0.858. The Morgan fingerprint density at radius 2 is 1.64 bits per heavy atom. The molecule has 0 aromatic heterocycles. The van der Waals surface area contributed by atoms with E-state index in [0.717, 1.165) is 5.56 Å². The molecule has 0 spiro atoms. The molecule has 2 aromatic carbocycles. The van der Waals surface area contributed by atoms with Crippen molar-refractivity contribution >= 4 is 16.6 Å². The summed E-state index contributed by atoms with van der Waals surface area (Å²) in [4.78, 5) is 12.2. The van der Waals surface area contributed by atoms with Crippen LogP contribution in [0.5, 0.6) is 0 Å². The zero-order valence-corrected chi connectivity index (χ0v) is 14.5. The number of rotatable bonds is 5. The third-order valence-electron chi connectivity index (χ3n) is 4.08. The fourth-order valence-corrected chi connectivity index (χ4v) is 2.39. The van der Waals surface area contributed by atoms with Crippen molar-refractivity contribution in [1.82, 2.24) is 0 Å². The van der Waals surface area contributed by atoms with E-state index in [1.165, 1.54) is 10.8 Å². The highest BCUT2D eigenvalue weighted by Crippen LogP contribution is 2.18. The van der Waals surface area contributed by atoms with Crippen LogP contribution in [-0.2, 0) is 11.2 Å².